The minimum atomic E-state index is -1.36. The van der Waals surface area contributed by atoms with Gasteiger partial charge < -0.3 is 30.7 Å². The number of halogens is 3. The van der Waals surface area contributed by atoms with E-state index in [9.17, 15) is 37.5 Å². The van der Waals surface area contributed by atoms with Crippen LogP contribution in [0.25, 0.3) is 0 Å². The van der Waals surface area contributed by atoms with Crippen molar-refractivity contribution in [3.63, 3.8) is 0 Å². The number of nitrogens with one attached hydrogen (secondary N) is 3. The first-order valence-electron chi connectivity index (χ1n) is 14.4. The van der Waals surface area contributed by atoms with E-state index < -0.39 is 64.4 Å². The standard InChI is InChI=1S/C31H39F3N4O6S/c1-17(2)26(29(41)42)36-20-8-6-18(7-9-20)16-35-27(40)28-38(10-11-45-28)25(39)14-21(37-30(43)44-31(3,4)5)12-19-13-23(33)24(34)15-22(19)32/h6-9,13,15,17,21,26,28,36H,10-12,14,16H2,1-5H3,(H,35,40)(H,37,43)(H,41,42)/t21?,26-,28+/m1/s1. The predicted octanol–water partition coefficient (Wildman–Crippen LogP) is 4.67. The van der Waals surface area contributed by atoms with Crippen LogP contribution in [0.1, 0.15) is 52.2 Å². The van der Waals surface area contributed by atoms with Crippen LogP contribution in [0.3, 0.4) is 0 Å². The number of ether oxygens (including phenoxy) is 1. The Morgan fingerprint density at radius 2 is 1.69 bits per heavy atom. The molecule has 0 bridgehead atoms. The lowest BCUT2D eigenvalue weighted by Crippen LogP contribution is -2.48. The number of carbonyl (C=O) groups is 4. The Bertz CT molecular complexity index is 1390. The van der Waals surface area contributed by atoms with E-state index in [4.69, 9.17) is 4.74 Å². The molecule has 0 spiro atoms. The van der Waals surface area contributed by atoms with Gasteiger partial charge in [0.15, 0.2) is 17.0 Å². The zero-order valence-electron chi connectivity index (χ0n) is 25.8. The second kappa shape index (κ2) is 15.4. The Hall–Kier alpha value is -3.94. The van der Waals surface area contributed by atoms with Crippen molar-refractivity contribution in [3.05, 3.63) is 65.0 Å². The summed E-state index contributed by atoms with van der Waals surface area (Å²) < 4.78 is 47.1. The van der Waals surface area contributed by atoms with Crippen LogP contribution in [-0.2, 0) is 32.1 Å². The number of anilines is 1. The molecule has 10 nitrogen and oxygen atoms in total. The van der Waals surface area contributed by atoms with Crippen molar-refractivity contribution in [3.8, 4) is 0 Å². The fourth-order valence-electron chi connectivity index (χ4n) is 4.59. The monoisotopic (exact) mass is 652 g/mol. The van der Waals surface area contributed by atoms with Gasteiger partial charge in [-0.3, -0.25) is 9.59 Å². The Morgan fingerprint density at radius 1 is 1.04 bits per heavy atom. The summed E-state index contributed by atoms with van der Waals surface area (Å²) in [4.78, 5) is 51.8. The third kappa shape index (κ3) is 10.6. The van der Waals surface area contributed by atoms with Gasteiger partial charge in [-0.15, -0.1) is 11.8 Å². The number of nitrogens with zero attached hydrogens (tertiary/aromatic N) is 1. The molecule has 14 heteroatoms. The van der Waals surface area contributed by atoms with Crippen molar-refractivity contribution in [1.82, 2.24) is 15.5 Å². The number of amides is 3. The normalized spacial score (nSPS) is 16.2. The quantitative estimate of drug-likeness (QED) is 0.243. The molecule has 3 rings (SSSR count). The summed E-state index contributed by atoms with van der Waals surface area (Å²) in [5, 5.41) is 16.8. The SMILES string of the molecule is CC(C)[C@@H](Nc1ccc(CNC(=O)[C@@H]2SCCN2C(=O)CC(Cc2cc(F)c(F)cc2F)NC(=O)OC(C)(C)C)cc1)C(=O)O. The fourth-order valence-corrected chi connectivity index (χ4v) is 5.76. The maximum atomic E-state index is 14.4. The first kappa shape index (κ1) is 35.5. The zero-order valence-corrected chi connectivity index (χ0v) is 26.6. The van der Waals surface area contributed by atoms with E-state index in [2.05, 4.69) is 16.0 Å². The molecule has 45 heavy (non-hydrogen) atoms. The molecule has 0 radical (unpaired) electrons. The van der Waals surface area contributed by atoms with Crippen LogP contribution >= 0.6 is 11.8 Å². The van der Waals surface area contributed by atoms with Gasteiger partial charge in [-0.2, -0.15) is 0 Å². The molecule has 2 aromatic carbocycles. The van der Waals surface area contributed by atoms with Gasteiger partial charge in [-0.05, 0) is 62.4 Å². The van der Waals surface area contributed by atoms with Crippen LogP contribution in [0, 0.1) is 23.4 Å². The molecule has 246 valence electrons. The molecule has 0 aromatic heterocycles. The lowest BCUT2D eigenvalue weighted by Gasteiger charge is -2.27. The van der Waals surface area contributed by atoms with Gasteiger partial charge in [-0.25, -0.2) is 22.8 Å². The number of rotatable bonds is 12. The average Bonchev–Trinajstić information content (AvgIpc) is 3.43. The summed E-state index contributed by atoms with van der Waals surface area (Å²) in [7, 11) is 0. The lowest BCUT2D eigenvalue weighted by molar-refractivity contribution is -0.139. The van der Waals surface area contributed by atoms with Crippen molar-refractivity contribution in [2.75, 3.05) is 17.6 Å². The molecule has 1 fully saturated rings. The predicted molar refractivity (Wildman–Crippen MR) is 164 cm³/mol. The summed E-state index contributed by atoms with van der Waals surface area (Å²) in [6, 6.07) is 6.20. The molecular formula is C31H39F3N4O6S. The van der Waals surface area contributed by atoms with E-state index >= 15 is 0 Å². The second-order valence-electron chi connectivity index (χ2n) is 12.0. The van der Waals surface area contributed by atoms with Gasteiger partial charge in [0.2, 0.25) is 5.91 Å². The molecule has 3 amide bonds. The molecule has 2 aromatic rings. The summed E-state index contributed by atoms with van der Waals surface area (Å²) in [6.07, 6.45) is -1.57. The highest BCUT2D eigenvalue weighted by Gasteiger charge is 2.36. The number of carboxylic acid groups (broad SMARTS) is 1. The van der Waals surface area contributed by atoms with E-state index in [-0.39, 0.29) is 37.4 Å². The van der Waals surface area contributed by atoms with Gasteiger partial charge in [0, 0.05) is 43.1 Å². The largest absolute Gasteiger partial charge is 0.480 e. The van der Waals surface area contributed by atoms with Crippen LogP contribution < -0.4 is 16.0 Å². The third-order valence-corrected chi connectivity index (χ3v) is 8.01. The van der Waals surface area contributed by atoms with Crippen molar-refractivity contribution < 1.29 is 42.2 Å². The Morgan fingerprint density at radius 3 is 2.29 bits per heavy atom. The highest BCUT2D eigenvalue weighted by molar-refractivity contribution is 8.00. The van der Waals surface area contributed by atoms with Crippen molar-refractivity contribution >= 4 is 41.3 Å². The van der Waals surface area contributed by atoms with Gasteiger partial charge in [0.25, 0.3) is 5.91 Å². The number of carbonyl (C=O) groups excluding carboxylic acids is 3. The topological polar surface area (TPSA) is 137 Å². The number of benzene rings is 2. The van der Waals surface area contributed by atoms with Crippen LogP contribution in [0.4, 0.5) is 23.7 Å². The molecule has 1 aliphatic heterocycles. The Kier molecular flexibility index (Phi) is 12.1. The molecule has 1 unspecified atom stereocenters. The minimum absolute atomic E-state index is 0.133. The first-order valence-corrected chi connectivity index (χ1v) is 15.5. The highest BCUT2D eigenvalue weighted by atomic mass is 32.2. The van der Waals surface area contributed by atoms with Crippen LogP contribution in [0.15, 0.2) is 36.4 Å². The number of carboxylic acids is 1. The van der Waals surface area contributed by atoms with E-state index in [0.29, 0.717) is 23.6 Å². The second-order valence-corrected chi connectivity index (χ2v) is 13.2. The minimum Gasteiger partial charge on any atom is -0.480 e. The number of aliphatic carboxylic acids is 1. The van der Waals surface area contributed by atoms with Crippen molar-refractivity contribution in [2.45, 2.75) is 77.1 Å². The van der Waals surface area contributed by atoms with Gasteiger partial charge >= 0.3 is 12.1 Å². The highest BCUT2D eigenvalue weighted by Crippen LogP contribution is 2.26. The molecule has 1 heterocycles. The van der Waals surface area contributed by atoms with Crippen LogP contribution in [0.2, 0.25) is 0 Å². The summed E-state index contributed by atoms with van der Waals surface area (Å²) in [5.41, 5.74) is 0.261. The number of alkyl carbamates (subject to hydrolysis) is 1. The molecule has 0 saturated carbocycles. The maximum Gasteiger partial charge on any atom is 0.407 e. The van der Waals surface area contributed by atoms with Crippen molar-refractivity contribution in [1.29, 1.82) is 0 Å². The molecule has 3 atom stereocenters. The first-order chi connectivity index (χ1) is 21.0. The van der Waals surface area contributed by atoms with Gasteiger partial charge in [0.1, 0.15) is 17.5 Å². The molecule has 0 aliphatic carbocycles. The zero-order chi connectivity index (χ0) is 33.5. The molecular weight excluding hydrogens is 613 g/mol. The van der Waals surface area contributed by atoms with Crippen LogP contribution in [-0.4, -0.2) is 69.2 Å². The number of thioether (sulfide) groups is 1. The fraction of sp³-hybridized carbons (Fsp3) is 0.484. The summed E-state index contributed by atoms with van der Waals surface area (Å²) >= 11 is 1.26. The van der Waals surface area contributed by atoms with Gasteiger partial charge in [-0.1, -0.05) is 26.0 Å². The van der Waals surface area contributed by atoms with E-state index in [0.717, 1.165) is 5.56 Å². The van der Waals surface area contributed by atoms with E-state index in [1.807, 2.05) is 0 Å². The summed E-state index contributed by atoms with van der Waals surface area (Å²) in [6.45, 7) is 8.92. The number of hydrogen-bond donors (Lipinski definition) is 4. The summed E-state index contributed by atoms with van der Waals surface area (Å²) in [5.74, 6) is -5.20. The molecule has 1 aliphatic rings. The van der Waals surface area contributed by atoms with E-state index in [1.165, 1.54) is 16.7 Å². The Labute approximate surface area is 264 Å². The Balaban J connectivity index is 1.65. The molecule has 1 saturated heterocycles. The maximum absolute atomic E-state index is 14.4. The number of hydrogen-bond acceptors (Lipinski definition) is 7. The van der Waals surface area contributed by atoms with Crippen LogP contribution in [0.5, 0.6) is 0 Å². The van der Waals surface area contributed by atoms with Crippen molar-refractivity contribution in [2.24, 2.45) is 5.92 Å². The smallest absolute Gasteiger partial charge is 0.407 e. The molecule has 4 N–H and O–H groups in total. The third-order valence-electron chi connectivity index (χ3n) is 6.81. The average molecular weight is 653 g/mol. The van der Waals surface area contributed by atoms with E-state index in [1.54, 1.807) is 58.9 Å². The lowest BCUT2D eigenvalue weighted by atomic mass is 10.0. The van der Waals surface area contributed by atoms with Gasteiger partial charge in [0.05, 0.1) is 0 Å².